The van der Waals surface area contributed by atoms with E-state index in [0.29, 0.717) is 50.3 Å². The summed E-state index contributed by atoms with van der Waals surface area (Å²) in [7, 11) is 1.70. The number of nitrogens with two attached hydrogens (primary N) is 1. The van der Waals surface area contributed by atoms with Gasteiger partial charge in [0.2, 0.25) is 0 Å². The van der Waals surface area contributed by atoms with E-state index in [1.165, 1.54) is 0 Å². The lowest BCUT2D eigenvalue weighted by atomic mass is 9.36. The van der Waals surface area contributed by atoms with E-state index in [1.54, 1.807) is 7.05 Å². The zero-order valence-corrected chi connectivity index (χ0v) is 27.1. The minimum atomic E-state index is -1.66. The van der Waals surface area contributed by atoms with Crippen LogP contribution in [0.1, 0.15) is 51.9 Å². The maximum atomic E-state index is 13.6. The maximum absolute atomic E-state index is 13.6. The highest BCUT2D eigenvalue weighted by Gasteiger charge is 2.83. The van der Waals surface area contributed by atoms with Crippen LogP contribution in [0.4, 0.5) is 0 Å². The average Bonchev–Trinajstić information content (AvgIpc) is 3.42. The van der Waals surface area contributed by atoms with Gasteiger partial charge >= 0.3 is 5.97 Å². The summed E-state index contributed by atoms with van der Waals surface area (Å²) in [4.78, 5) is 20.0. The molecule has 0 aromatic carbocycles. The largest absolute Gasteiger partial charge is 0.478 e. The first-order chi connectivity index (χ1) is 22.2. The minimum Gasteiger partial charge on any atom is -0.478 e. The fraction of sp³-hybridized carbons (Fsp3) is 0.676. The number of aliphatic hydroxyl groups is 2. The lowest BCUT2D eigenvalue weighted by Gasteiger charge is -2.69. The van der Waals surface area contributed by atoms with Crippen molar-refractivity contribution in [1.82, 2.24) is 10.2 Å². The molecular weight excluding hydrogens is 580 g/mol. The number of nitrogens with zero attached hydrogens (tertiary/aromatic N) is 2. The monoisotopic (exact) mass is 630 g/mol. The molecule has 2 aliphatic heterocycles. The fourth-order valence-electron chi connectivity index (χ4n) is 12.7. The highest BCUT2D eigenvalue weighted by molar-refractivity contribution is 5.93. The van der Waals surface area contributed by atoms with Gasteiger partial charge in [-0.3, -0.25) is 4.99 Å². The second-order valence-corrected chi connectivity index (χ2v) is 15.5. The smallest absolute Gasteiger partial charge is 0.334 e. The van der Waals surface area contributed by atoms with Crippen LogP contribution in [-0.2, 0) is 9.53 Å². The molecule has 4 fully saturated rings. The number of aliphatic hydroxyl groups excluding tert-OH is 1. The van der Waals surface area contributed by atoms with Gasteiger partial charge in [-0.15, -0.1) is 0 Å². The van der Waals surface area contributed by atoms with E-state index >= 15 is 0 Å². The molecule has 1 saturated heterocycles. The predicted molar refractivity (Wildman–Crippen MR) is 175 cm³/mol. The Morgan fingerprint density at radius 2 is 1.93 bits per heavy atom. The standard InChI is InChI=1S/C37H50N4O5/c1-22-7-11-25-19-27-30(32(43)44)37(45,29-12-10-24-9-8-23-5-3-4-6-26(23)31(24)46-29)28-13-14-34(20-40-16-18-42)15-17-41(33(38)39-2)21-35(25,34)36(22,27)28/h3-6,13-15,17,22-26,28-29,31,40,42,45H,7-12,16,18-21H2,1-2H3,(H2,38,39)(H,43,44)/t22-,23+,24-,25-,26+,28+,29-,31+,34-,35-,36+,37-/m1/s1. The molecule has 0 unspecified atom stereocenters. The molecule has 12 atom stereocenters. The molecule has 3 saturated carbocycles. The van der Waals surface area contributed by atoms with Gasteiger partial charge in [0.25, 0.3) is 0 Å². The molecule has 0 radical (unpaired) electrons. The number of fused-ring (bicyclic) bond motifs is 3. The third-order valence-corrected chi connectivity index (χ3v) is 14.2. The number of allylic oxidation sites excluding steroid dienone is 4. The molecule has 0 amide bonds. The highest BCUT2D eigenvalue weighted by atomic mass is 16.5. The molecule has 9 nitrogen and oxygen atoms in total. The van der Waals surface area contributed by atoms with Crippen molar-refractivity contribution in [3.05, 3.63) is 59.9 Å². The van der Waals surface area contributed by atoms with Crippen molar-refractivity contribution in [3.63, 3.8) is 0 Å². The van der Waals surface area contributed by atoms with Crippen LogP contribution in [0.2, 0.25) is 0 Å². The lowest BCUT2D eigenvalue weighted by molar-refractivity contribution is -0.222. The van der Waals surface area contributed by atoms with Crippen molar-refractivity contribution in [3.8, 4) is 0 Å². The topological polar surface area (TPSA) is 141 Å². The van der Waals surface area contributed by atoms with Crippen molar-refractivity contribution < 1.29 is 24.9 Å². The summed E-state index contributed by atoms with van der Waals surface area (Å²) >= 11 is 0. The van der Waals surface area contributed by atoms with E-state index in [4.69, 9.17) is 10.5 Å². The van der Waals surface area contributed by atoms with E-state index in [2.05, 4.69) is 59.8 Å². The summed E-state index contributed by atoms with van der Waals surface area (Å²) in [5.74, 6) is 0.403. The number of guanidine groups is 1. The molecule has 6 aliphatic carbocycles. The van der Waals surface area contributed by atoms with Gasteiger partial charge in [-0.1, -0.05) is 49.5 Å². The molecule has 2 spiro atoms. The van der Waals surface area contributed by atoms with E-state index in [0.717, 1.165) is 37.7 Å². The van der Waals surface area contributed by atoms with Crippen LogP contribution in [0.15, 0.2) is 64.9 Å². The fourth-order valence-corrected chi connectivity index (χ4v) is 12.7. The van der Waals surface area contributed by atoms with E-state index in [-0.39, 0.29) is 36.0 Å². The van der Waals surface area contributed by atoms with Crippen molar-refractivity contribution in [1.29, 1.82) is 0 Å². The summed E-state index contributed by atoms with van der Waals surface area (Å²) in [6, 6.07) is 0. The van der Waals surface area contributed by atoms with Gasteiger partial charge in [-0.2, -0.15) is 0 Å². The van der Waals surface area contributed by atoms with Gasteiger partial charge in [-0.05, 0) is 74.2 Å². The van der Waals surface area contributed by atoms with Gasteiger partial charge in [0.15, 0.2) is 5.96 Å². The molecule has 2 heterocycles. The Morgan fingerprint density at radius 1 is 1.13 bits per heavy atom. The molecular formula is C37H50N4O5. The summed E-state index contributed by atoms with van der Waals surface area (Å²) in [6.45, 7) is 3.99. The number of aliphatic imine (C=N–C) groups is 1. The first-order valence-electron chi connectivity index (χ1n) is 17.6. The van der Waals surface area contributed by atoms with Crippen molar-refractivity contribution >= 4 is 11.9 Å². The molecule has 6 N–H and O–H groups in total. The molecule has 2 bridgehead atoms. The van der Waals surface area contributed by atoms with Crippen LogP contribution < -0.4 is 11.1 Å². The number of carbonyl (C=O) groups is 1. The van der Waals surface area contributed by atoms with E-state index in [9.17, 15) is 20.1 Å². The van der Waals surface area contributed by atoms with Gasteiger partial charge in [0.05, 0.1) is 24.4 Å². The average molecular weight is 631 g/mol. The zero-order chi connectivity index (χ0) is 32.1. The molecule has 8 rings (SSSR count). The highest BCUT2D eigenvalue weighted by Crippen LogP contribution is 2.83. The third-order valence-electron chi connectivity index (χ3n) is 14.2. The first kappa shape index (κ1) is 30.6. The zero-order valence-electron chi connectivity index (χ0n) is 27.1. The predicted octanol–water partition coefficient (Wildman–Crippen LogP) is 3.38. The number of carboxylic acid groups (broad SMARTS) is 1. The van der Waals surface area contributed by atoms with Gasteiger partial charge in [0.1, 0.15) is 5.60 Å². The van der Waals surface area contributed by atoms with Crippen molar-refractivity contribution in [2.75, 3.05) is 33.3 Å². The summed E-state index contributed by atoms with van der Waals surface area (Å²) in [6.07, 6.45) is 23.3. The van der Waals surface area contributed by atoms with E-state index < -0.39 is 39.8 Å². The Hall–Kier alpha value is -2.72. The van der Waals surface area contributed by atoms with Crippen molar-refractivity contribution in [2.45, 2.75) is 69.7 Å². The normalized spacial score (nSPS) is 48.3. The van der Waals surface area contributed by atoms with Gasteiger partial charge in [-0.25, -0.2) is 4.79 Å². The number of hydrogen-bond acceptors (Lipinski definition) is 6. The maximum Gasteiger partial charge on any atom is 0.334 e. The molecule has 46 heavy (non-hydrogen) atoms. The number of carboxylic acids is 1. The molecule has 0 aromatic rings. The first-order valence-corrected chi connectivity index (χ1v) is 17.6. The number of rotatable bonds is 6. The lowest BCUT2D eigenvalue weighted by Crippen LogP contribution is -2.71. The number of nitrogens with one attached hydrogen (secondary N) is 1. The van der Waals surface area contributed by atoms with Crippen LogP contribution in [0.5, 0.6) is 0 Å². The molecule has 248 valence electrons. The molecule has 8 aliphatic rings. The Kier molecular flexibility index (Phi) is 7.08. The Bertz CT molecular complexity index is 1480. The van der Waals surface area contributed by atoms with Gasteiger partial charge in [0, 0.05) is 61.0 Å². The van der Waals surface area contributed by atoms with Gasteiger partial charge < -0.3 is 36.0 Å². The number of aliphatic carboxylic acids is 1. The minimum absolute atomic E-state index is 0.0331. The van der Waals surface area contributed by atoms with Crippen LogP contribution in [0, 0.1) is 51.8 Å². The van der Waals surface area contributed by atoms with Crippen molar-refractivity contribution in [2.24, 2.45) is 62.5 Å². The Balaban J connectivity index is 1.31. The SMILES string of the molecule is CN=C(N)N1C=C[C@@]2(CNCCO)C=C[C@@H]3[C@@](O)([C@H]4CC[C@H]5CC[C@@H]6C=CC=C[C@@H]6[C@H]5O4)C(C(=O)O)=C4C[C@H]5CC[C@@H](C)[C@]43[C@]52C1. The summed E-state index contributed by atoms with van der Waals surface area (Å²) in [5.41, 5.74) is 4.48. The summed E-state index contributed by atoms with van der Waals surface area (Å²) < 4.78 is 7.10. The molecule has 0 aromatic heterocycles. The quantitative estimate of drug-likeness (QED) is 0.130. The summed E-state index contributed by atoms with van der Waals surface area (Å²) in [5, 5.41) is 37.8. The Morgan fingerprint density at radius 3 is 2.72 bits per heavy atom. The second-order valence-electron chi connectivity index (χ2n) is 15.5. The van der Waals surface area contributed by atoms with Crippen LogP contribution in [-0.4, -0.2) is 83.2 Å². The van der Waals surface area contributed by atoms with Crippen LogP contribution in [0.3, 0.4) is 0 Å². The van der Waals surface area contributed by atoms with Crippen LogP contribution in [0.25, 0.3) is 0 Å². The number of ether oxygens (including phenoxy) is 1. The van der Waals surface area contributed by atoms with E-state index in [1.807, 2.05) is 11.1 Å². The van der Waals surface area contributed by atoms with Crippen LogP contribution >= 0.6 is 0 Å². The Labute approximate surface area is 272 Å². The molecule has 9 heteroatoms. The third kappa shape index (κ3) is 3.61. The second kappa shape index (κ2) is 10.6. The number of hydrogen-bond donors (Lipinski definition) is 5.